The molecule has 1 aliphatic heterocycles. The number of rotatable bonds is 8. The van der Waals surface area contributed by atoms with Gasteiger partial charge in [0.1, 0.15) is 0 Å². The summed E-state index contributed by atoms with van der Waals surface area (Å²) in [6, 6.07) is 0. The first-order chi connectivity index (χ1) is 11.2. The molecule has 1 heterocycles. The van der Waals surface area contributed by atoms with Gasteiger partial charge >= 0.3 is 0 Å². The van der Waals surface area contributed by atoms with Crippen LogP contribution in [0.15, 0.2) is 4.99 Å². The minimum Gasteiger partial charge on any atom is -0.383 e. The maximum Gasteiger partial charge on any atom is 0.193 e. The maximum atomic E-state index is 5.12. The summed E-state index contributed by atoms with van der Waals surface area (Å²) in [4.78, 5) is 9.71. The van der Waals surface area contributed by atoms with E-state index in [0.717, 1.165) is 57.0 Å². The lowest BCUT2D eigenvalue weighted by Crippen LogP contribution is -2.40. The van der Waals surface area contributed by atoms with Crippen LogP contribution in [-0.4, -0.2) is 75.8 Å². The standard InChI is InChI=1S/C18H36N4O.HI/c1-4-19-18(20-10-7-11-21(2)12-13-23-3)22-14-16-8-5-6-9-17(16)15-22;/h16-17H,4-15H2,1-3H3,(H,19,20);1H. The highest BCUT2D eigenvalue weighted by molar-refractivity contribution is 14.0. The average Bonchev–Trinajstić information content (AvgIpc) is 2.99. The molecule has 2 unspecified atom stereocenters. The summed E-state index contributed by atoms with van der Waals surface area (Å²) in [7, 11) is 3.91. The van der Waals surface area contributed by atoms with Crippen LogP contribution in [0.3, 0.4) is 0 Å². The fourth-order valence-electron chi connectivity index (χ4n) is 3.89. The molecule has 24 heavy (non-hydrogen) atoms. The van der Waals surface area contributed by atoms with E-state index in [0.29, 0.717) is 0 Å². The van der Waals surface area contributed by atoms with E-state index in [1.165, 1.54) is 38.8 Å². The second-order valence-corrected chi connectivity index (χ2v) is 7.09. The van der Waals surface area contributed by atoms with Gasteiger partial charge in [0.2, 0.25) is 0 Å². The van der Waals surface area contributed by atoms with Gasteiger partial charge in [-0.1, -0.05) is 12.8 Å². The fraction of sp³-hybridized carbons (Fsp3) is 0.944. The Balaban J connectivity index is 0.00000288. The number of aliphatic imine (C=N–C) groups is 1. The summed E-state index contributed by atoms with van der Waals surface area (Å²) < 4.78 is 5.12. The van der Waals surface area contributed by atoms with Gasteiger partial charge in [-0.2, -0.15) is 0 Å². The van der Waals surface area contributed by atoms with Gasteiger partial charge in [0, 0.05) is 39.8 Å². The Kier molecular flexibility index (Phi) is 11.3. The van der Waals surface area contributed by atoms with Crippen LogP contribution in [-0.2, 0) is 4.74 Å². The van der Waals surface area contributed by atoms with Crippen LogP contribution in [0.1, 0.15) is 39.0 Å². The third-order valence-electron chi connectivity index (χ3n) is 5.25. The maximum absolute atomic E-state index is 5.12. The highest BCUT2D eigenvalue weighted by Gasteiger charge is 2.35. The Morgan fingerprint density at radius 2 is 1.88 bits per heavy atom. The molecule has 1 aliphatic carbocycles. The number of guanidine groups is 1. The Morgan fingerprint density at radius 1 is 1.21 bits per heavy atom. The summed E-state index contributed by atoms with van der Waals surface area (Å²) in [5.74, 6) is 2.96. The van der Waals surface area contributed by atoms with Crippen LogP contribution < -0.4 is 5.32 Å². The van der Waals surface area contributed by atoms with E-state index in [1.807, 2.05) is 0 Å². The molecule has 2 rings (SSSR count). The zero-order valence-corrected chi connectivity index (χ0v) is 18.1. The van der Waals surface area contributed by atoms with Gasteiger partial charge in [-0.25, -0.2) is 0 Å². The fourth-order valence-corrected chi connectivity index (χ4v) is 3.89. The van der Waals surface area contributed by atoms with Crippen molar-refractivity contribution in [2.24, 2.45) is 16.8 Å². The molecule has 2 fully saturated rings. The predicted octanol–water partition coefficient (Wildman–Crippen LogP) is 2.66. The number of nitrogens with zero attached hydrogens (tertiary/aromatic N) is 3. The van der Waals surface area contributed by atoms with Crippen molar-refractivity contribution < 1.29 is 4.74 Å². The van der Waals surface area contributed by atoms with E-state index in [-0.39, 0.29) is 24.0 Å². The molecule has 142 valence electrons. The van der Waals surface area contributed by atoms with Gasteiger partial charge in [-0.15, -0.1) is 24.0 Å². The van der Waals surface area contributed by atoms with Crippen LogP contribution in [0.25, 0.3) is 0 Å². The summed E-state index contributed by atoms with van der Waals surface area (Å²) in [5.41, 5.74) is 0. The second kappa shape index (κ2) is 12.3. The summed E-state index contributed by atoms with van der Waals surface area (Å²) >= 11 is 0. The third-order valence-corrected chi connectivity index (χ3v) is 5.25. The van der Waals surface area contributed by atoms with E-state index < -0.39 is 0 Å². The van der Waals surface area contributed by atoms with Crippen molar-refractivity contribution in [3.63, 3.8) is 0 Å². The lowest BCUT2D eigenvalue weighted by molar-refractivity contribution is 0.161. The number of methoxy groups -OCH3 is 1. The van der Waals surface area contributed by atoms with E-state index in [4.69, 9.17) is 9.73 Å². The number of likely N-dealkylation sites (N-methyl/N-ethyl adjacent to an activating group) is 1. The zero-order chi connectivity index (χ0) is 16.5. The average molecular weight is 452 g/mol. The topological polar surface area (TPSA) is 40.1 Å². The van der Waals surface area contributed by atoms with Gasteiger partial charge < -0.3 is 19.9 Å². The number of hydrogen-bond acceptors (Lipinski definition) is 3. The first-order valence-electron chi connectivity index (χ1n) is 9.45. The largest absolute Gasteiger partial charge is 0.383 e. The zero-order valence-electron chi connectivity index (χ0n) is 15.8. The SMILES string of the molecule is CCNC(=NCCCN(C)CCOC)N1CC2CCCCC2C1.I. The van der Waals surface area contributed by atoms with Crippen molar-refractivity contribution in [2.75, 3.05) is 60.0 Å². The van der Waals surface area contributed by atoms with E-state index in [2.05, 4.69) is 29.1 Å². The Morgan fingerprint density at radius 3 is 2.46 bits per heavy atom. The van der Waals surface area contributed by atoms with Crippen molar-refractivity contribution >= 4 is 29.9 Å². The molecule has 5 nitrogen and oxygen atoms in total. The van der Waals surface area contributed by atoms with Gasteiger partial charge in [0.15, 0.2) is 5.96 Å². The Labute approximate surface area is 165 Å². The minimum atomic E-state index is 0. The van der Waals surface area contributed by atoms with Crippen molar-refractivity contribution in [3.05, 3.63) is 0 Å². The molecule has 1 N–H and O–H groups in total. The van der Waals surface area contributed by atoms with Crippen LogP contribution in [0.2, 0.25) is 0 Å². The smallest absolute Gasteiger partial charge is 0.193 e. The summed E-state index contributed by atoms with van der Waals surface area (Å²) in [6.45, 7) is 9.34. The molecule has 0 spiro atoms. The number of ether oxygens (including phenoxy) is 1. The van der Waals surface area contributed by atoms with Crippen LogP contribution in [0.4, 0.5) is 0 Å². The number of nitrogens with one attached hydrogen (secondary N) is 1. The van der Waals surface area contributed by atoms with Gasteiger partial charge in [0.05, 0.1) is 6.61 Å². The molecular weight excluding hydrogens is 415 g/mol. The lowest BCUT2D eigenvalue weighted by Gasteiger charge is -2.22. The molecule has 1 saturated heterocycles. The number of likely N-dealkylation sites (tertiary alicyclic amines) is 1. The molecule has 0 radical (unpaired) electrons. The molecule has 0 aromatic carbocycles. The monoisotopic (exact) mass is 452 g/mol. The molecule has 2 aliphatic rings. The molecule has 2 atom stereocenters. The van der Waals surface area contributed by atoms with Crippen LogP contribution >= 0.6 is 24.0 Å². The molecule has 6 heteroatoms. The summed E-state index contributed by atoms with van der Waals surface area (Å²) in [5, 5.41) is 3.50. The van der Waals surface area contributed by atoms with Gasteiger partial charge in [-0.3, -0.25) is 4.99 Å². The van der Waals surface area contributed by atoms with Crippen molar-refractivity contribution in [2.45, 2.75) is 39.0 Å². The molecule has 0 aromatic heterocycles. The van der Waals surface area contributed by atoms with E-state index in [1.54, 1.807) is 7.11 Å². The van der Waals surface area contributed by atoms with Gasteiger partial charge in [-0.05, 0) is 51.6 Å². The third kappa shape index (κ3) is 7.04. The van der Waals surface area contributed by atoms with Crippen molar-refractivity contribution in [3.8, 4) is 0 Å². The number of halogens is 1. The molecule has 0 amide bonds. The van der Waals surface area contributed by atoms with Crippen LogP contribution in [0.5, 0.6) is 0 Å². The normalized spacial score (nSPS) is 24.0. The van der Waals surface area contributed by atoms with E-state index >= 15 is 0 Å². The predicted molar refractivity (Wildman–Crippen MR) is 112 cm³/mol. The lowest BCUT2D eigenvalue weighted by atomic mass is 9.82. The van der Waals surface area contributed by atoms with Crippen LogP contribution in [0, 0.1) is 11.8 Å². The first-order valence-corrected chi connectivity index (χ1v) is 9.45. The summed E-state index contributed by atoms with van der Waals surface area (Å²) in [6.07, 6.45) is 6.80. The van der Waals surface area contributed by atoms with Gasteiger partial charge in [0.25, 0.3) is 0 Å². The molecule has 0 bridgehead atoms. The quantitative estimate of drug-likeness (QED) is 0.266. The van der Waals surface area contributed by atoms with Crippen molar-refractivity contribution in [1.82, 2.24) is 15.1 Å². The molecular formula is C18H37IN4O. The second-order valence-electron chi connectivity index (χ2n) is 7.09. The molecule has 1 saturated carbocycles. The highest BCUT2D eigenvalue weighted by atomic mass is 127. The highest BCUT2D eigenvalue weighted by Crippen LogP contribution is 2.35. The van der Waals surface area contributed by atoms with E-state index in [9.17, 15) is 0 Å². The van der Waals surface area contributed by atoms with Crippen molar-refractivity contribution in [1.29, 1.82) is 0 Å². The molecule has 0 aromatic rings. The Hall–Kier alpha value is -0.0800. The number of fused-ring (bicyclic) bond motifs is 1. The Bertz CT molecular complexity index is 353. The first kappa shape index (κ1) is 22.0. The number of hydrogen-bond donors (Lipinski definition) is 1. The minimum absolute atomic E-state index is 0.